The van der Waals surface area contributed by atoms with Gasteiger partial charge in [-0.2, -0.15) is 9.29 Å². The van der Waals surface area contributed by atoms with Gasteiger partial charge < -0.3 is 4.52 Å². The van der Waals surface area contributed by atoms with Gasteiger partial charge in [-0.15, -0.1) is 0 Å². The Morgan fingerprint density at radius 3 is 2.34 bits per heavy atom. The van der Waals surface area contributed by atoms with E-state index >= 15 is 0 Å². The molecule has 7 heteroatoms. The lowest BCUT2D eigenvalue weighted by molar-refractivity contribution is 0.290. The average Bonchev–Trinajstić information content (AvgIpc) is 3.37. The first kappa shape index (κ1) is 19.8. The Morgan fingerprint density at radius 1 is 1.03 bits per heavy atom. The number of sulfonamides is 1. The second-order valence-corrected chi connectivity index (χ2v) is 9.51. The molecule has 1 fully saturated rings. The number of aromatic nitrogens is 2. The van der Waals surface area contributed by atoms with E-state index in [1.165, 1.54) is 4.31 Å². The van der Waals surface area contributed by atoms with Crippen molar-refractivity contribution in [2.24, 2.45) is 0 Å². The second-order valence-electron chi connectivity index (χ2n) is 7.69. The highest BCUT2D eigenvalue weighted by atomic mass is 32.2. The third kappa shape index (κ3) is 3.38. The third-order valence-electron chi connectivity index (χ3n) is 5.83. The number of aryl methyl sites for hydroxylation is 2. The zero-order valence-corrected chi connectivity index (χ0v) is 18.0. The van der Waals surface area contributed by atoms with Crippen LogP contribution < -0.4 is 0 Å². The van der Waals surface area contributed by atoms with Crippen LogP contribution in [0, 0.1) is 27.7 Å². The van der Waals surface area contributed by atoms with E-state index < -0.39 is 16.1 Å². The molecule has 2 aromatic carbocycles. The van der Waals surface area contributed by atoms with Gasteiger partial charge in [-0.3, -0.25) is 0 Å². The SMILES string of the molecule is Cc1cc(C)c(C)c(S(=O)(=O)N2CCCC2c2nc(-c3ccccc3)no2)c1C. The minimum Gasteiger partial charge on any atom is -0.337 e. The van der Waals surface area contributed by atoms with E-state index in [0.29, 0.717) is 29.6 Å². The standard InChI is InChI=1S/C22H25N3O3S/c1-14-13-15(2)17(4)20(16(14)3)29(26,27)25-12-8-11-19(25)22-23-21(24-28-22)18-9-6-5-7-10-18/h5-7,9-10,13,19H,8,11-12H2,1-4H3. The lowest BCUT2D eigenvalue weighted by Gasteiger charge is -2.25. The Morgan fingerprint density at radius 2 is 1.69 bits per heavy atom. The third-order valence-corrected chi connectivity index (χ3v) is 8.01. The van der Waals surface area contributed by atoms with Crippen molar-refractivity contribution < 1.29 is 12.9 Å². The first-order chi connectivity index (χ1) is 13.8. The fourth-order valence-corrected chi connectivity index (χ4v) is 6.26. The summed E-state index contributed by atoms with van der Waals surface area (Å²) >= 11 is 0. The van der Waals surface area contributed by atoms with E-state index in [9.17, 15) is 8.42 Å². The van der Waals surface area contributed by atoms with Crippen molar-refractivity contribution in [1.29, 1.82) is 0 Å². The maximum Gasteiger partial charge on any atom is 0.245 e. The zero-order valence-electron chi connectivity index (χ0n) is 17.1. The Kier molecular flexibility index (Phi) is 5.04. The molecule has 29 heavy (non-hydrogen) atoms. The maximum atomic E-state index is 13.7. The topological polar surface area (TPSA) is 76.3 Å². The van der Waals surface area contributed by atoms with Crippen LogP contribution in [0.5, 0.6) is 0 Å². The van der Waals surface area contributed by atoms with Crippen LogP contribution >= 0.6 is 0 Å². The van der Waals surface area contributed by atoms with Crippen molar-refractivity contribution in [3.05, 3.63) is 64.5 Å². The molecular weight excluding hydrogens is 386 g/mol. The van der Waals surface area contributed by atoms with Crippen LogP contribution in [0.4, 0.5) is 0 Å². The minimum absolute atomic E-state index is 0.351. The molecule has 152 valence electrons. The van der Waals surface area contributed by atoms with Gasteiger partial charge in [0.05, 0.1) is 4.90 Å². The van der Waals surface area contributed by atoms with Crippen molar-refractivity contribution in [2.75, 3.05) is 6.54 Å². The predicted octanol–water partition coefficient (Wildman–Crippen LogP) is 4.50. The van der Waals surface area contributed by atoms with Crippen molar-refractivity contribution >= 4 is 10.0 Å². The molecule has 3 aromatic rings. The summed E-state index contributed by atoms with van der Waals surface area (Å²) in [4.78, 5) is 4.92. The molecule has 0 aliphatic carbocycles. The van der Waals surface area contributed by atoms with E-state index in [-0.39, 0.29) is 0 Å². The Labute approximate surface area is 171 Å². The fourth-order valence-electron chi connectivity index (χ4n) is 4.03. The number of rotatable bonds is 4. The van der Waals surface area contributed by atoms with E-state index in [1.54, 1.807) is 0 Å². The average molecular weight is 412 g/mol. The molecule has 0 amide bonds. The summed E-state index contributed by atoms with van der Waals surface area (Å²) in [5.41, 5.74) is 4.40. The van der Waals surface area contributed by atoms with Crippen molar-refractivity contribution in [2.45, 2.75) is 51.5 Å². The number of hydrogen-bond acceptors (Lipinski definition) is 5. The Hall–Kier alpha value is -2.51. The van der Waals surface area contributed by atoms with Crippen LogP contribution in [0.3, 0.4) is 0 Å². The van der Waals surface area contributed by atoms with Crippen LogP contribution in [0.25, 0.3) is 11.4 Å². The molecular formula is C22H25N3O3S. The van der Waals surface area contributed by atoms with Crippen LogP contribution in [-0.4, -0.2) is 29.4 Å². The Bertz CT molecular complexity index is 1130. The second kappa shape index (κ2) is 7.39. The molecule has 0 bridgehead atoms. The lowest BCUT2D eigenvalue weighted by atomic mass is 10.0. The molecule has 0 saturated carbocycles. The predicted molar refractivity (Wildman–Crippen MR) is 111 cm³/mol. The van der Waals surface area contributed by atoms with Crippen LogP contribution in [-0.2, 0) is 10.0 Å². The molecule has 1 aliphatic heterocycles. The van der Waals surface area contributed by atoms with E-state index in [1.807, 2.05) is 64.1 Å². The van der Waals surface area contributed by atoms with Crippen molar-refractivity contribution in [3.63, 3.8) is 0 Å². The van der Waals surface area contributed by atoms with E-state index in [4.69, 9.17) is 4.52 Å². The largest absolute Gasteiger partial charge is 0.337 e. The van der Waals surface area contributed by atoms with Crippen molar-refractivity contribution in [3.8, 4) is 11.4 Å². The van der Waals surface area contributed by atoms with Crippen LogP contribution in [0.1, 0.15) is 47.0 Å². The van der Waals surface area contributed by atoms with Gasteiger partial charge in [0.1, 0.15) is 6.04 Å². The molecule has 6 nitrogen and oxygen atoms in total. The summed E-state index contributed by atoms with van der Waals surface area (Å²) in [6, 6.07) is 11.1. The molecule has 2 heterocycles. The molecule has 0 radical (unpaired) electrons. The first-order valence-corrected chi connectivity index (χ1v) is 11.2. The quantitative estimate of drug-likeness (QED) is 0.632. The summed E-state index contributed by atoms with van der Waals surface area (Å²) in [5.74, 6) is 0.827. The molecule has 1 aromatic heterocycles. The molecule has 1 unspecified atom stereocenters. The number of hydrogen-bond donors (Lipinski definition) is 0. The maximum absolute atomic E-state index is 13.7. The molecule has 4 rings (SSSR count). The summed E-state index contributed by atoms with van der Waals surface area (Å²) in [6.07, 6.45) is 1.42. The summed E-state index contributed by atoms with van der Waals surface area (Å²) in [7, 11) is -3.69. The lowest BCUT2D eigenvalue weighted by Crippen LogP contribution is -2.32. The molecule has 1 saturated heterocycles. The highest BCUT2D eigenvalue weighted by Gasteiger charge is 2.41. The zero-order chi connectivity index (χ0) is 20.8. The smallest absolute Gasteiger partial charge is 0.245 e. The van der Waals surface area contributed by atoms with Gasteiger partial charge in [-0.25, -0.2) is 8.42 Å². The molecule has 0 spiro atoms. The molecule has 0 N–H and O–H groups in total. The van der Waals surface area contributed by atoms with Gasteiger partial charge in [0.2, 0.25) is 21.7 Å². The highest BCUT2D eigenvalue weighted by molar-refractivity contribution is 7.89. The minimum atomic E-state index is -3.69. The van der Waals surface area contributed by atoms with Crippen molar-refractivity contribution in [1.82, 2.24) is 14.4 Å². The van der Waals surface area contributed by atoms with Gasteiger partial charge in [-0.1, -0.05) is 41.6 Å². The first-order valence-electron chi connectivity index (χ1n) is 9.79. The highest BCUT2D eigenvalue weighted by Crippen LogP contribution is 2.39. The van der Waals surface area contributed by atoms with Gasteiger partial charge in [-0.05, 0) is 62.8 Å². The van der Waals surface area contributed by atoms with E-state index in [0.717, 1.165) is 34.2 Å². The van der Waals surface area contributed by atoms with Crippen LogP contribution in [0.15, 0.2) is 45.8 Å². The van der Waals surface area contributed by atoms with E-state index in [2.05, 4.69) is 10.1 Å². The summed E-state index contributed by atoms with van der Waals surface area (Å²) < 4.78 is 34.4. The van der Waals surface area contributed by atoms with Gasteiger partial charge in [0, 0.05) is 12.1 Å². The van der Waals surface area contributed by atoms with Gasteiger partial charge >= 0.3 is 0 Å². The van der Waals surface area contributed by atoms with Gasteiger partial charge in [0.25, 0.3) is 0 Å². The fraction of sp³-hybridized carbons (Fsp3) is 0.364. The number of benzene rings is 2. The normalized spacial score (nSPS) is 17.7. The Balaban J connectivity index is 1.74. The molecule has 1 aliphatic rings. The molecule has 1 atom stereocenters. The van der Waals surface area contributed by atoms with Crippen LogP contribution in [0.2, 0.25) is 0 Å². The summed E-state index contributed by atoms with van der Waals surface area (Å²) in [6.45, 7) is 8.10. The number of nitrogens with zero attached hydrogens (tertiary/aromatic N) is 3. The monoisotopic (exact) mass is 411 g/mol. The van der Waals surface area contributed by atoms with Gasteiger partial charge in [0.15, 0.2) is 0 Å². The summed E-state index contributed by atoms with van der Waals surface area (Å²) in [5, 5.41) is 4.08.